The minimum atomic E-state index is -0.495. The summed E-state index contributed by atoms with van der Waals surface area (Å²) in [5.74, 6) is -0.767. The number of nitrogens with zero attached hydrogens (tertiary/aromatic N) is 1. The number of hydrogen-bond donors (Lipinski definition) is 1. The molecule has 1 aromatic rings. The molecule has 6 heteroatoms. The van der Waals surface area contributed by atoms with Crippen LogP contribution >= 0.6 is 0 Å². The Labute approximate surface area is 135 Å². The number of aliphatic hydroxyl groups excluding tert-OH is 1. The molecule has 4 atom stereocenters. The molecule has 4 unspecified atom stereocenters. The number of carbonyl (C=O) groups is 2. The molecular weight excluding hydrogens is 298 g/mol. The molecule has 23 heavy (non-hydrogen) atoms. The van der Waals surface area contributed by atoms with E-state index in [-0.39, 0.29) is 35.6 Å². The number of piperidine rings is 1. The molecule has 6 nitrogen and oxygen atoms in total. The standard InChI is InChI=1S/C17H21NO5/c1-10(19)22-16-6-4-3-5-13(16)17(21)23-12-7-11-8-15(20)14(9-12)18(11)2/h3-6,11-12,14-15,20H,7-9H2,1-2H3. The largest absolute Gasteiger partial charge is 0.459 e. The van der Waals surface area contributed by atoms with Gasteiger partial charge >= 0.3 is 11.9 Å². The van der Waals surface area contributed by atoms with Crippen molar-refractivity contribution in [1.82, 2.24) is 4.90 Å². The summed E-state index contributed by atoms with van der Waals surface area (Å²) >= 11 is 0. The monoisotopic (exact) mass is 319 g/mol. The van der Waals surface area contributed by atoms with Gasteiger partial charge in [-0.1, -0.05) is 12.1 Å². The third-order valence-corrected chi connectivity index (χ3v) is 4.73. The summed E-state index contributed by atoms with van der Waals surface area (Å²) in [5.41, 5.74) is 0.245. The molecule has 2 saturated heterocycles. The Balaban J connectivity index is 1.70. The van der Waals surface area contributed by atoms with Gasteiger partial charge in [0.1, 0.15) is 17.4 Å². The maximum atomic E-state index is 12.4. The second-order valence-corrected chi connectivity index (χ2v) is 6.28. The van der Waals surface area contributed by atoms with Gasteiger partial charge in [-0.05, 0) is 25.6 Å². The van der Waals surface area contributed by atoms with E-state index in [2.05, 4.69) is 4.90 Å². The lowest BCUT2D eigenvalue weighted by atomic mass is 10.00. The molecule has 2 aliphatic rings. The molecule has 2 heterocycles. The van der Waals surface area contributed by atoms with Crippen LogP contribution in [0.15, 0.2) is 24.3 Å². The Bertz CT molecular complexity index is 617. The summed E-state index contributed by atoms with van der Waals surface area (Å²) in [4.78, 5) is 25.7. The van der Waals surface area contributed by atoms with Crippen LogP contribution in [0, 0.1) is 0 Å². The molecular formula is C17H21NO5. The number of carbonyl (C=O) groups excluding carboxylic acids is 2. The van der Waals surface area contributed by atoms with E-state index < -0.39 is 11.9 Å². The van der Waals surface area contributed by atoms with Crippen LogP contribution in [0.5, 0.6) is 5.75 Å². The molecule has 3 rings (SSSR count). The maximum Gasteiger partial charge on any atom is 0.342 e. The molecule has 0 amide bonds. The first-order valence-electron chi connectivity index (χ1n) is 7.84. The van der Waals surface area contributed by atoms with Crippen molar-refractivity contribution >= 4 is 11.9 Å². The van der Waals surface area contributed by atoms with Crippen LogP contribution in [-0.2, 0) is 9.53 Å². The van der Waals surface area contributed by atoms with Gasteiger partial charge in [-0.15, -0.1) is 0 Å². The fourth-order valence-corrected chi connectivity index (χ4v) is 3.59. The van der Waals surface area contributed by atoms with Crippen molar-refractivity contribution in [1.29, 1.82) is 0 Å². The Morgan fingerprint density at radius 2 is 1.96 bits per heavy atom. The van der Waals surface area contributed by atoms with Crippen LogP contribution in [0.25, 0.3) is 0 Å². The van der Waals surface area contributed by atoms with Gasteiger partial charge in [0, 0.05) is 31.8 Å². The highest BCUT2D eigenvalue weighted by molar-refractivity contribution is 5.93. The van der Waals surface area contributed by atoms with Gasteiger partial charge in [-0.3, -0.25) is 9.69 Å². The van der Waals surface area contributed by atoms with Crippen molar-refractivity contribution in [3.05, 3.63) is 29.8 Å². The summed E-state index contributed by atoms with van der Waals surface area (Å²) in [6, 6.07) is 6.83. The van der Waals surface area contributed by atoms with Crippen molar-refractivity contribution in [3.63, 3.8) is 0 Å². The third kappa shape index (κ3) is 3.23. The SMILES string of the molecule is CC(=O)Oc1ccccc1C(=O)OC1CC2CC(O)C(C1)N2C. The summed E-state index contributed by atoms with van der Waals surface area (Å²) in [7, 11) is 2.00. The maximum absolute atomic E-state index is 12.4. The van der Waals surface area contributed by atoms with Crippen molar-refractivity contribution in [3.8, 4) is 5.75 Å². The van der Waals surface area contributed by atoms with Crippen molar-refractivity contribution in [2.24, 2.45) is 0 Å². The molecule has 1 aromatic carbocycles. The molecule has 0 radical (unpaired) electrons. The minimum absolute atomic E-state index is 0.0373. The Kier molecular flexibility index (Phi) is 4.37. The van der Waals surface area contributed by atoms with E-state index >= 15 is 0 Å². The second-order valence-electron chi connectivity index (χ2n) is 6.28. The van der Waals surface area contributed by atoms with Crippen LogP contribution in [0.2, 0.25) is 0 Å². The number of hydrogen-bond acceptors (Lipinski definition) is 6. The summed E-state index contributed by atoms with van der Waals surface area (Å²) in [5, 5.41) is 10.0. The van der Waals surface area contributed by atoms with Gasteiger partial charge in [0.25, 0.3) is 0 Å². The molecule has 1 N–H and O–H groups in total. The van der Waals surface area contributed by atoms with Crippen LogP contribution in [0.3, 0.4) is 0 Å². The fraction of sp³-hybridized carbons (Fsp3) is 0.529. The number of fused-ring (bicyclic) bond motifs is 2. The van der Waals surface area contributed by atoms with E-state index in [0.29, 0.717) is 12.8 Å². The van der Waals surface area contributed by atoms with E-state index in [0.717, 1.165) is 6.42 Å². The highest BCUT2D eigenvalue weighted by Gasteiger charge is 2.45. The van der Waals surface area contributed by atoms with Gasteiger partial charge in [-0.2, -0.15) is 0 Å². The zero-order valence-electron chi connectivity index (χ0n) is 13.3. The van der Waals surface area contributed by atoms with E-state index in [1.54, 1.807) is 24.3 Å². The van der Waals surface area contributed by atoms with Crippen LogP contribution in [-0.4, -0.2) is 53.3 Å². The Morgan fingerprint density at radius 1 is 1.22 bits per heavy atom. The highest BCUT2D eigenvalue weighted by Crippen LogP contribution is 2.36. The molecule has 0 aromatic heterocycles. The smallest absolute Gasteiger partial charge is 0.342 e. The first-order valence-corrected chi connectivity index (χ1v) is 7.84. The lowest BCUT2D eigenvalue weighted by molar-refractivity contribution is -0.131. The fourth-order valence-electron chi connectivity index (χ4n) is 3.59. The predicted octanol–water partition coefficient (Wildman–Crippen LogP) is 1.36. The van der Waals surface area contributed by atoms with Gasteiger partial charge in [0.05, 0.1) is 6.10 Å². The summed E-state index contributed by atoms with van der Waals surface area (Å²) < 4.78 is 10.7. The van der Waals surface area contributed by atoms with Crippen LogP contribution in [0.1, 0.15) is 36.5 Å². The summed E-state index contributed by atoms with van der Waals surface area (Å²) in [6.45, 7) is 1.29. The number of aliphatic hydroxyl groups is 1. The molecule has 2 fully saturated rings. The van der Waals surface area contributed by atoms with E-state index in [9.17, 15) is 14.7 Å². The van der Waals surface area contributed by atoms with E-state index in [4.69, 9.17) is 9.47 Å². The molecule has 124 valence electrons. The Morgan fingerprint density at radius 3 is 2.65 bits per heavy atom. The normalized spacial score (nSPS) is 30.0. The first kappa shape index (κ1) is 16.0. The quantitative estimate of drug-likeness (QED) is 0.670. The van der Waals surface area contributed by atoms with Crippen molar-refractivity contribution in [2.75, 3.05) is 7.05 Å². The number of para-hydroxylation sites is 1. The topological polar surface area (TPSA) is 76.1 Å². The molecule has 2 aliphatic heterocycles. The lowest BCUT2D eigenvalue weighted by Crippen LogP contribution is -2.45. The van der Waals surface area contributed by atoms with Crippen molar-refractivity contribution < 1.29 is 24.2 Å². The van der Waals surface area contributed by atoms with Crippen molar-refractivity contribution in [2.45, 2.75) is 50.5 Å². The zero-order valence-corrected chi connectivity index (χ0v) is 13.3. The van der Waals surface area contributed by atoms with Gasteiger partial charge in [0.15, 0.2) is 0 Å². The zero-order chi connectivity index (χ0) is 16.6. The summed E-state index contributed by atoms with van der Waals surface area (Å²) in [6.07, 6.45) is 1.47. The third-order valence-electron chi connectivity index (χ3n) is 4.73. The average molecular weight is 319 g/mol. The van der Waals surface area contributed by atoms with Crippen LogP contribution in [0.4, 0.5) is 0 Å². The van der Waals surface area contributed by atoms with E-state index in [1.807, 2.05) is 7.05 Å². The number of likely N-dealkylation sites (N-methyl/N-ethyl adjacent to an activating group) is 1. The van der Waals surface area contributed by atoms with Crippen LogP contribution < -0.4 is 4.74 Å². The number of benzene rings is 1. The molecule has 2 bridgehead atoms. The number of rotatable bonds is 3. The van der Waals surface area contributed by atoms with Gasteiger partial charge < -0.3 is 14.6 Å². The minimum Gasteiger partial charge on any atom is -0.459 e. The van der Waals surface area contributed by atoms with E-state index in [1.165, 1.54) is 6.92 Å². The first-order chi connectivity index (χ1) is 11.0. The van der Waals surface area contributed by atoms with Gasteiger partial charge in [0.2, 0.25) is 0 Å². The second kappa shape index (κ2) is 6.29. The molecule has 0 aliphatic carbocycles. The molecule has 0 spiro atoms. The lowest BCUT2D eigenvalue weighted by Gasteiger charge is -2.36. The predicted molar refractivity (Wildman–Crippen MR) is 82.2 cm³/mol. The molecule has 0 saturated carbocycles. The number of esters is 2. The number of ether oxygens (including phenoxy) is 2. The highest BCUT2D eigenvalue weighted by atomic mass is 16.6. The average Bonchev–Trinajstić information content (AvgIpc) is 2.66. The van der Waals surface area contributed by atoms with Gasteiger partial charge in [-0.25, -0.2) is 4.79 Å². The Hall–Kier alpha value is -1.92.